The van der Waals surface area contributed by atoms with Crippen LogP contribution in [0.25, 0.3) is 0 Å². The fraction of sp³-hybridized carbons (Fsp3) is 0.0909. The minimum absolute atomic E-state index is 0.140. The molecule has 0 unspecified atom stereocenters. The van der Waals surface area contributed by atoms with E-state index < -0.39 is 16.8 Å². The van der Waals surface area contributed by atoms with Gasteiger partial charge in [-0.05, 0) is 17.5 Å². The van der Waals surface area contributed by atoms with Crippen LogP contribution in [0.4, 0.5) is 10.1 Å². The molecule has 2 aromatic rings. The molecule has 1 atom stereocenters. The Balaban J connectivity index is 2.44. The van der Waals surface area contributed by atoms with Crippen LogP contribution in [-0.4, -0.2) is 4.92 Å². The van der Waals surface area contributed by atoms with E-state index in [9.17, 15) is 14.5 Å². The third kappa shape index (κ3) is 2.32. The smallest absolute Gasteiger partial charge is 0.269 e. The van der Waals surface area contributed by atoms with E-state index in [2.05, 4.69) is 0 Å². The van der Waals surface area contributed by atoms with E-state index in [1.54, 1.807) is 12.1 Å². The highest BCUT2D eigenvalue weighted by atomic mass is 32.1. The van der Waals surface area contributed by atoms with Gasteiger partial charge in [0.25, 0.3) is 5.69 Å². The monoisotopic (exact) mass is 252 g/mol. The molecule has 2 N–H and O–H groups in total. The van der Waals surface area contributed by atoms with Crippen LogP contribution >= 0.6 is 11.3 Å². The Morgan fingerprint density at radius 1 is 1.41 bits per heavy atom. The predicted octanol–water partition coefficient (Wildman–Crippen LogP) is 2.84. The first-order chi connectivity index (χ1) is 8.09. The first kappa shape index (κ1) is 11.7. The number of benzene rings is 1. The van der Waals surface area contributed by atoms with Crippen molar-refractivity contribution in [2.75, 3.05) is 0 Å². The SMILES string of the molecule is N[C@H](c1cccs1)c1cc([N+](=O)[O-])ccc1F. The van der Waals surface area contributed by atoms with E-state index in [0.29, 0.717) is 0 Å². The number of nitro benzene ring substituents is 1. The minimum Gasteiger partial charge on any atom is -0.320 e. The lowest BCUT2D eigenvalue weighted by atomic mass is 10.0. The van der Waals surface area contributed by atoms with Gasteiger partial charge < -0.3 is 5.73 Å². The summed E-state index contributed by atoms with van der Waals surface area (Å²) in [6.07, 6.45) is 0. The van der Waals surface area contributed by atoms with Crippen molar-refractivity contribution in [2.24, 2.45) is 5.73 Å². The summed E-state index contributed by atoms with van der Waals surface area (Å²) >= 11 is 1.39. The number of nitrogens with two attached hydrogens (primary N) is 1. The Hall–Kier alpha value is -1.79. The number of hydrogen-bond acceptors (Lipinski definition) is 4. The molecular formula is C11H9FN2O2S. The van der Waals surface area contributed by atoms with E-state index in [1.165, 1.54) is 17.4 Å². The molecule has 0 aliphatic rings. The standard InChI is InChI=1S/C11H9FN2O2S/c12-9-4-3-7(14(15)16)6-8(9)11(13)10-2-1-5-17-10/h1-6,11H,13H2/t11-/m0/s1. The van der Waals surface area contributed by atoms with Crippen molar-refractivity contribution in [2.45, 2.75) is 6.04 Å². The summed E-state index contributed by atoms with van der Waals surface area (Å²) < 4.78 is 13.6. The summed E-state index contributed by atoms with van der Waals surface area (Å²) in [5, 5.41) is 12.4. The number of halogens is 1. The zero-order chi connectivity index (χ0) is 12.4. The maximum absolute atomic E-state index is 13.6. The van der Waals surface area contributed by atoms with Crippen LogP contribution in [0.2, 0.25) is 0 Å². The van der Waals surface area contributed by atoms with Crippen molar-refractivity contribution in [1.29, 1.82) is 0 Å². The first-order valence-corrected chi connectivity index (χ1v) is 5.70. The van der Waals surface area contributed by atoms with Crippen LogP contribution < -0.4 is 5.73 Å². The van der Waals surface area contributed by atoms with Gasteiger partial charge in [0.2, 0.25) is 0 Å². The molecule has 4 nitrogen and oxygen atoms in total. The average molecular weight is 252 g/mol. The summed E-state index contributed by atoms with van der Waals surface area (Å²) in [4.78, 5) is 10.8. The molecule has 0 aliphatic carbocycles. The van der Waals surface area contributed by atoms with Crippen LogP contribution in [0, 0.1) is 15.9 Å². The fourth-order valence-corrected chi connectivity index (χ4v) is 2.25. The normalized spacial score (nSPS) is 12.4. The summed E-state index contributed by atoms with van der Waals surface area (Å²) in [5.74, 6) is -0.531. The van der Waals surface area contributed by atoms with Gasteiger partial charge in [0.15, 0.2) is 0 Å². The number of rotatable bonds is 3. The second-order valence-electron chi connectivity index (χ2n) is 3.46. The molecule has 0 saturated carbocycles. The van der Waals surface area contributed by atoms with Crippen molar-refractivity contribution in [3.63, 3.8) is 0 Å². The topological polar surface area (TPSA) is 69.2 Å². The van der Waals surface area contributed by atoms with E-state index >= 15 is 0 Å². The first-order valence-electron chi connectivity index (χ1n) is 4.82. The zero-order valence-corrected chi connectivity index (χ0v) is 9.49. The highest BCUT2D eigenvalue weighted by Gasteiger charge is 2.18. The van der Waals surface area contributed by atoms with Gasteiger partial charge in [0.1, 0.15) is 5.82 Å². The molecule has 0 amide bonds. The Morgan fingerprint density at radius 3 is 2.76 bits per heavy atom. The molecule has 1 aromatic carbocycles. The third-order valence-electron chi connectivity index (χ3n) is 2.38. The van der Waals surface area contributed by atoms with Crippen LogP contribution in [0.15, 0.2) is 35.7 Å². The van der Waals surface area contributed by atoms with Crippen LogP contribution in [-0.2, 0) is 0 Å². The van der Waals surface area contributed by atoms with Gasteiger partial charge in [-0.25, -0.2) is 4.39 Å². The summed E-state index contributed by atoms with van der Waals surface area (Å²) in [6, 6.07) is 6.28. The van der Waals surface area contributed by atoms with Gasteiger partial charge >= 0.3 is 0 Å². The lowest BCUT2D eigenvalue weighted by Gasteiger charge is -2.10. The zero-order valence-electron chi connectivity index (χ0n) is 8.67. The van der Waals surface area contributed by atoms with Crippen LogP contribution in [0.3, 0.4) is 0 Å². The maximum Gasteiger partial charge on any atom is 0.269 e. The van der Waals surface area contributed by atoms with E-state index in [1.807, 2.05) is 5.38 Å². The highest BCUT2D eigenvalue weighted by Crippen LogP contribution is 2.28. The van der Waals surface area contributed by atoms with Crippen LogP contribution in [0.1, 0.15) is 16.5 Å². The second kappa shape index (κ2) is 4.60. The second-order valence-corrected chi connectivity index (χ2v) is 4.44. The molecule has 1 heterocycles. The number of nitrogens with zero attached hydrogens (tertiary/aromatic N) is 1. The molecule has 0 bridgehead atoms. The quantitative estimate of drug-likeness (QED) is 0.674. The van der Waals surface area contributed by atoms with Gasteiger partial charge in [-0.1, -0.05) is 6.07 Å². The van der Waals surface area contributed by atoms with Gasteiger partial charge in [-0.2, -0.15) is 0 Å². The molecule has 2 rings (SSSR count). The van der Waals surface area contributed by atoms with E-state index in [0.717, 1.165) is 17.0 Å². The molecule has 0 spiro atoms. The van der Waals surface area contributed by atoms with Gasteiger partial charge in [0, 0.05) is 22.6 Å². The lowest BCUT2D eigenvalue weighted by Crippen LogP contribution is -2.12. The molecule has 1 aromatic heterocycles. The van der Waals surface area contributed by atoms with Crippen molar-refractivity contribution in [3.8, 4) is 0 Å². The summed E-state index contributed by atoms with van der Waals surface area (Å²) in [5.41, 5.74) is 5.86. The lowest BCUT2D eigenvalue weighted by molar-refractivity contribution is -0.385. The molecule has 0 saturated heterocycles. The molecule has 0 aliphatic heterocycles. The Labute approximate surface area is 101 Å². The molecule has 0 fully saturated rings. The number of nitro groups is 1. The van der Waals surface area contributed by atoms with Gasteiger partial charge in [-0.15, -0.1) is 11.3 Å². The predicted molar refractivity (Wildman–Crippen MR) is 63.4 cm³/mol. The Kier molecular flexibility index (Phi) is 3.16. The maximum atomic E-state index is 13.6. The van der Waals surface area contributed by atoms with Crippen molar-refractivity contribution in [1.82, 2.24) is 0 Å². The summed E-state index contributed by atoms with van der Waals surface area (Å²) in [6.45, 7) is 0. The molecule has 88 valence electrons. The number of non-ortho nitro benzene ring substituents is 1. The van der Waals surface area contributed by atoms with E-state index in [4.69, 9.17) is 5.73 Å². The van der Waals surface area contributed by atoms with Crippen molar-refractivity contribution >= 4 is 17.0 Å². The number of thiophene rings is 1. The fourth-order valence-electron chi connectivity index (χ4n) is 1.50. The minimum atomic E-state index is -0.671. The van der Waals surface area contributed by atoms with E-state index in [-0.39, 0.29) is 11.3 Å². The van der Waals surface area contributed by atoms with Crippen molar-refractivity contribution < 1.29 is 9.31 Å². The van der Waals surface area contributed by atoms with Gasteiger partial charge in [0.05, 0.1) is 11.0 Å². The Bertz CT molecular complexity index is 542. The number of hydrogen-bond donors (Lipinski definition) is 1. The Morgan fingerprint density at radius 2 is 2.18 bits per heavy atom. The van der Waals surface area contributed by atoms with Crippen molar-refractivity contribution in [3.05, 3.63) is 62.1 Å². The molecule has 0 radical (unpaired) electrons. The molecular weight excluding hydrogens is 243 g/mol. The highest BCUT2D eigenvalue weighted by molar-refractivity contribution is 7.10. The largest absolute Gasteiger partial charge is 0.320 e. The summed E-state index contributed by atoms with van der Waals surface area (Å²) in [7, 11) is 0. The van der Waals surface area contributed by atoms with Gasteiger partial charge in [-0.3, -0.25) is 10.1 Å². The van der Waals surface area contributed by atoms with Crippen LogP contribution in [0.5, 0.6) is 0 Å². The molecule has 6 heteroatoms. The average Bonchev–Trinajstić information content (AvgIpc) is 2.81. The molecule has 17 heavy (non-hydrogen) atoms. The third-order valence-corrected chi connectivity index (χ3v) is 3.33.